The third-order valence-corrected chi connectivity index (χ3v) is 5.44. The maximum absolute atomic E-state index is 12.4. The highest BCUT2D eigenvalue weighted by Crippen LogP contribution is 2.35. The molecule has 0 fully saturated rings. The number of H-pyrrole nitrogens is 1. The van der Waals surface area contributed by atoms with Crippen LogP contribution in [0, 0.1) is 11.8 Å². The van der Waals surface area contributed by atoms with Crippen LogP contribution < -0.4 is 5.56 Å². The number of hydrogen-bond acceptors (Lipinski definition) is 4. The molecule has 4 nitrogen and oxygen atoms in total. The monoisotopic (exact) mass is 320 g/mol. The number of hydrogen-bond donors (Lipinski definition) is 1. The Morgan fingerprint density at radius 1 is 1.45 bits per heavy atom. The molecule has 5 heteroatoms. The van der Waals surface area contributed by atoms with Crippen LogP contribution in [0.1, 0.15) is 49.9 Å². The van der Waals surface area contributed by atoms with Crippen molar-refractivity contribution in [2.24, 2.45) is 11.8 Å². The predicted molar refractivity (Wildman–Crippen MR) is 90.5 cm³/mol. The molecule has 0 spiro atoms. The van der Waals surface area contributed by atoms with Gasteiger partial charge in [-0.05, 0) is 43.1 Å². The smallest absolute Gasteiger partial charge is 0.260 e. The topological polar surface area (TPSA) is 55.0 Å². The largest absolute Gasteiger partial charge is 0.374 e. The molecular formula is C17H24N2O2S. The zero-order chi connectivity index (χ0) is 15.7. The maximum Gasteiger partial charge on any atom is 0.260 e. The highest BCUT2D eigenvalue weighted by Gasteiger charge is 2.22. The van der Waals surface area contributed by atoms with E-state index >= 15 is 0 Å². The van der Waals surface area contributed by atoms with Gasteiger partial charge in [0, 0.05) is 11.5 Å². The molecular weight excluding hydrogens is 296 g/mol. The highest BCUT2D eigenvalue weighted by atomic mass is 32.1. The first-order valence-corrected chi connectivity index (χ1v) is 8.97. The molecule has 3 rings (SSSR count). The third kappa shape index (κ3) is 3.25. The van der Waals surface area contributed by atoms with Crippen LogP contribution >= 0.6 is 11.3 Å². The van der Waals surface area contributed by atoms with Gasteiger partial charge in [-0.1, -0.05) is 20.8 Å². The van der Waals surface area contributed by atoms with Gasteiger partial charge in [0.1, 0.15) is 17.3 Å². The molecule has 1 aliphatic rings. The van der Waals surface area contributed by atoms with E-state index < -0.39 is 0 Å². The van der Waals surface area contributed by atoms with Gasteiger partial charge in [-0.25, -0.2) is 4.98 Å². The van der Waals surface area contributed by atoms with Gasteiger partial charge in [-0.15, -0.1) is 11.3 Å². The van der Waals surface area contributed by atoms with E-state index in [4.69, 9.17) is 4.74 Å². The van der Waals surface area contributed by atoms with Crippen molar-refractivity contribution in [1.82, 2.24) is 9.97 Å². The van der Waals surface area contributed by atoms with E-state index in [2.05, 4.69) is 30.7 Å². The van der Waals surface area contributed by atoms with Crippen LogP contribution in [0.4, 0.5) is 0 Å². The second-order valence-corrected chi connectivity index (χ2v) is 7.86. The molecule has 120 valence electrons. The van der Waals surface area contributed by atoms with E-state index in [0.717, 1.165) is 29.5 Å². The fourth-order valence-corrected chi connectivity index (χ4v) is 4.35. The van der Waals surface area contributed by atoms with Gasteiger partial charge in [0.05, 0.1) is 5.39 Å². The summed E-state index contributed by atoms with van der Waals surface area (Å²) in [5.41, 5.74) is 1.23. The Balaban J connectivity index is 1.82. The summed E-state index contributed by atoms with van der Waals surface area (Å²) in [4.78, 5) is 22.2. The predicted octanol–water partition coefficient (Wildman–Crippen LogP) is 3.67. The zero-order valence-corrected chi connectivity index (χ0v) is 14.4. The van der Waals surface area contributed by atoms with E-state index in [1.54, 1.807) is 11.3 Å². The van der Waals surface area contributed by atoms with Crippen molar-refractivity contribution in [1.29, 1.82) is 0 Å². The quantitative estimate of drug-likeness (QED) is 0.855. The van der Waals surface area contributed by atoms with Crippen LogP contribution in [0.15, 0.2) is 4.79 Å². The van der Waals surface area contributed by atoms with Crippen molar-refractivity contribution in [3.8, 4) is 0 Å². The minimum atomic E-state index is -0.000451. The molecule has 2 aromatic rings. The fraction of sp³-hybridized carbons (Fsp3) is 0.647. The third-order valence-electron chi connectivity index (χ3n) is 4.29. The molecule has 0 unspecified atom stereocenters. The lowest BCUT2D eigenvalue weighted by molar-refractivity contribution is 0.105. The first-order valence-electron chi connectivity index (χ1n) is 8.15. The minimum absolute atomic E-state index is 0.000451. The summed E-state index contributed by atoms with van der Waals surface area (Å²) in [7, 11) is 0. The molecule has 2 heterocycles. The SMILES string of the molecule is CC(C)CCOCc1nc2sc3c(c2c(=O)[nH]1)CC[C@@H](C)C3. The summed E-state index contributed by atoms with van der Waals surface area (Å²) in [5.74, 6) is 1.98. The Labute approximate surface area is 134 Å². The molecule has 0 bridgehead atoms. The van der Waals surface area contributed by atoms with Gasteiger partial charge in [0.2, 0.25) is 0 Å². The zero-order valence-electron chi connectivity index (χ0n) is 13.6. The van der Waals surface area contributed by atoms with Crippen LogP contribution in [-0.2, 0) is 24.2 Å². The first kappa shape index (κ1) is 15.7. The summed E-state index contributed by atoms with van der Waals surface area (Å²) in [5, 5.41) is 0.817. The van der Waals surface area contributed by atoms with Gasteiger partial charge in [-0.2, -0.15) is 0 Å². The van der Waals surface area contributed by atoms with Crippen molar-refractivity contribution in [3.05, 3.63) is 26.6 Å². The van der Waals surface area contributed by atoms with E-state index in [1.165, 1.54) is 16.9 Å². The molecule has 1 atom stereocenters. The molecule has 2 aromatic heterocycles. The second-order valence-electron chi connectivity index (χ2n) is 6.78. The van der Waals surface area contributed by atoms with Gasteiger partial charge < -0.3 is 9.72 Å². The Kier molecular flexibility index (Phi) is 4.64. The number of thiophene rings is 1. The van der Waals surface area contributed by atoms with Crippen molar-refractivity contribution in [2.75, 3.05) is 6.61 Å². The lowest BCUT2D eigenvalue weighted by Crippen LogP contribution is -2.15. The lowest BCUT2D eigenvalue weighted by Gasteiger charge is -2.17. The Bertz CT molecular complexity index is 717. The first-order chi connectivity index (χ1) is 10.5. The van der Waals surface area contributed by atoms with Gasteiger partial charge in [-0.3, -0.25) is 4.79 Å². The molecule has 0 radical (unpaired) electrons. The Morgan fingerprint density at radius 2 is 2.27 bits per heavy atom. The number of aromatic amines is 1. The number of ether oxygens (including phenoxy) is 1. The number of nitrogens with zero attached hydrogens (tertiary/aromatic N) is 1. The fourth-order valence-electron chi connectivity index (χ4n) is 2.95. The van der Waals surface area contributed by atoms with E-state index in [9.17, 15) is 4.79 Å². The van der Waals surface area contributed by atoms with Crippen molar-refractivity contribution < 1.29 is 4.74 Å². The molecule has 0 aromatic carbocycles. The second kappa shape index (κ2) is 6.50. The average Bonchev–Trinajstić information content (AvgIpc) is 2.81. The number of aromatic nitrogens is 2. The molecule has 0 saturated heterocycles. The van der Waals surface area contributed by atoms with Crippen molar-refractivity contribution >= 4 is 21.6 Å². The summed E-state index contributed by atoms with van der Waals surface area (Å²) in [6, 6.07) is 0. The lowest BCUT2D eigenvalue weighted by atomic mass is 9.89. The van der Waals surface area contributed by atoms with Crippen molar-refractivity contribution in [3.63, 3.8) is 0 Å². The summed E-state index contributed by atoms with van der Waals surface area (Å²) in [6.45, 7) is 7.72. The van der Waals surface area contributed by atoms with E-state index in [1.807, 2.05) is 0 Å². The normalized spacial score (nSPS) is 18.1. The molecule has 0 saturated carbocycles. The summed E-state index contributed by atoms with van der Waals surface area (Å²) >= 11 is 1.69. The van der Waals surface area contributed by atoms with Gasteiger partial charge in [0.25, 0.3) is 5.56 Å². The van der Waals surface area contributed by atoms with Crippen molar-refractivity contribution in [2.45, 2.75) is 53.1 Å². The molecule has 0 amide bonds. The van der Waals surface area contributed by atoms with Gasteiger partial charge >= 0.3 is 0 Å². The molecule has 1 aliphatic carbocycles. The highest BCUT2D eigenvalue weighted by molar-refractivity contribution is 7.18. The van der Waals surface area contributed by atoms with Crippen LogP contribution in [0.5, 0.6) is 0 Å². The number of fused-ring (bicyclic) bond motifs is 3. The van der Waals surface area contributed by atoms with Gasteiger partial charge in [0.15, 0.2) is 0 Å². The van der Waals surface area contributed by atoms with Crippen LogP contribution in [-0.4, -0.2) is 16.6 Å². The number of nitrogens with one attached hydrogen (secondary N) is 1. The van der Waals surface area contributed by atoms with E-state index in [0.29, 0.717) is 30.9 Å². The van der Waals surface area contributed by atoms with Crippen LogP contribution in [0.25, 0.3) is 10.2 Å². The summed E-state index contributed by atoms with van der Waals surface area (Å²) < 4.78 is 5.63. The average molecular weight is 320 g/mol. The van der Waals surface area contributed by atoms with Crippen LogP contribution in [0.2, 0.25) is 0 Å². The number of rotatable bonds is 5. The molecule has 22 heavy (non-hydrogen) atoms. The number of aryl methyl sites for hydroxylation is 1. The summed E-state index contributed by atoms with van der Waals surface area (Å²) in [6.07, 6.45) is 4.28. The minimum Gasteiger partial charge on any atom is -0.374 e. The Hall–Kier alpha value is -1.20. The van der Waals surface area contributed by atoms with E-state index in [-0.39, 0.29) is 5.56 Å². The maximum atomic E-state index is 12.4. The molecule has 1 N–H and O–H groups in total. The molecule has 0 aliphatic heterocycles. The Morgan fingerprint density at radius 3 is 3.05 bits per heavy atom. The standard InChI is InChI=1S/C17H24N2O2S/c1-10(2)6-7-21-9-14-18-16(20)15-12-5-4-11(3)8-13(12)22-17(15)19-14/h10-11H,4-9H2,1-3H3,(H,18,19,20)/t11-/m1/s1. The van der Waals surface area contributed by atoms with Crippen LogP contribution in [0.3, 0.4) is 0 Å².